The van der Waals surface area contributed by atoms with Crippen molar-refractivity contribution in [1.29, 1.82) is 0 Å². The SMILES string of the molecule is Cc1c(-c2nccc(C(=O)Nc3nc4ccc(C5CCN(CCN(C)C)CC5)cc4n3[C@H]3CC[C@@H](O)CC3)c2F)cnn1C. The van der Waals surface area contributed by atoms with Gasteiger partial charge in [-0.05, 0) is 102 Å². The number of amides is 1. The molecule has 2 N–H and O–H groups in total. The van der Waals surface area contributed by atoms with Crippen LogP contribution in [-0.4, -0.2) is 91.5 Å². The van der Waals surface area contributed by atoms with Crippen LogP contribution in [0.1, 0.15) is 72.1 Å². The van der Waals surface area contributed by atoms with Gasteiger partial charge in [-0.3, -0.25) is 19.8 Å². The number of nitrogens with one attached hydrogen (secondary N) is 1. The molecular formula is C33H43FN8O2. The average Bonchev–Trinajstić information content (AvgIpc) is 3.54. The molecule has 1 aliphatic carbocycles. The summed E-state index contributed by atoms with van der Waals surface area (Å²) in [5, 5.41) is 17.4. The van der Waals surface area contributed by atoms with Crippen molar-refractivity contribution < 1.29 is 14.3 Å². The molecular weight excluding hydrogens is 559 g/mol. The molecule has 44 heavy (non-hydrogen) atoms. The number of carbonyl (C=O) groups is 1. The summed E-state index contributed by atoms with van der Waals surface area (Å²) in [5.41, 5.74) is 4.34. The van der Waals surface area contributed by atoms with Crippen LogP contribution in [-0.2, 0) is 7.05 Å². The Morgan fingerprint density at radius 1 is 1.11 bits per heavy atom. The maximum Gasteiger partial charge on any atom is 0.261 e. The first kappa shape index (κ1) is 30.4. The van der Waals surface area contributed by atoms with Crippen LogP contribution in [0.25, 0.3) is 22.3 Å². The number of carbonyl (C=O) groups excluding carboxylic acids is 1. The molecule has 2 fully saturated rings. The zero-order valence-electron chi connectivity index (χ0n) is 26.1. The van der Waals surface area contributed by atoms with Gasteiger partial charge in [0.05, 0.1) is 28.9 Å². The van der Waals surface area contributed by atoms with Crippen molar-refractivity contribution in [2.45, 2.75) is 63.5 Å². The Kier molecular flexibility index (Phi) is 8.80. The third-order valence-corrected chi connectivity index (χ3v) is 9.52. The minimum atomic E-state index is -0.691. The molecule has 6 rings (SSSR count). The predicted octanol–water partition coefficient (Wildman–Crippen LogP) is 4.75. The number of halogens is 1. The van der Waals surface area contributed by atoms with E-state index in [9.17, 15) is 9.90 Å². The quantitative estimate of drug-likeness (QED) is 0.300. The number of fused-ring (bicyclic) bond motifs is 1. The number of imidazole rings is 1. The number of aliphatic hydroxyl groups excluding tert-OH is 1. The highest BCUT2D eigenvalue weighted by Gasteiger charge is 2.28. The van der Waals surface area contributed by atoms with Crippen molar-refractivity contribution in [1.82, 2.24) is 34.1 Å². The lowest BCUT2D eigenvalue weighted by Crippen LogP contribution is -2.37. The zero-order valence-corrected chi connectivity index (χ0v) is 26.1. The Morgan fingerprint density at radius 2 is 1.86 bits per heavy atom. The monoisotopic (exact) mass is 602 g/mol. The topological polar surface area (TPSA) is 104 Å². The summed E-state index contributed by atoms with van der Waals surface area (Å²) >= 11 is 0. The van der Waals surface area contributed by atoms with E-state index in [-0.39, 0.29) is 23.4 Å². The number of aryl methyl sites for hydroxylation is 1. The van der Waals surface area contributed by atoms with Crippen LogP contribution in [0.3, 0.4) is 0 Å². The number of aromatic nitrogens is 5. The maximum atomic E-state index is 15.8. The first-order chi connectivity index (χ1) is 21.2. The Bertz CT molecular complexity index is 1630. The minimum Gasteiger partial charge on any atom is -0.393 e. The summed E-state index contributed by atoms with van der Waals surface area (Å²) in [6, 6.07) is 7.91. The number of likely N-dealkylation sites (N-methyl/N-ethyl adjacent to an activating group) is 1. The van der Waals surface area contributed by atoms with Crippen LogP contribution in [0.15, 0.2) is 36.7 Å². The van der Waals surface area contributed by atoms with E-state index in [1.165, 1.54) is 17.8 Å². The standard InChI is InChI=1S/C33H43FN8O2/c1-21-27(20-36-40(21)4)31-30(34)26(11-14-35-31)32(44)38-33-37-28-10-5-23(22-12-15-41(16-13-22)18-17-39(2)3)19-29(28)42(33)24-6-8-25(43)9-7-24/h5,10-11,14,19-20,22,24-25,43H,6-9,12-13,15-18H2,1-4H3,(H,37,38,44)/t24-,25+. The zero-order chi connectivity index (χ0) is 31.0. The number of likely N-dealkylation sites (tertiary alicyclic amines) is 1. The second-order valence-corrected chi connectivity index (χ2v) is 12.7. The molecule has 0 radical (unpaired) electrons. The van der Waals surface area contributed by atoms with E-state index < -0.39 is 11.7 Å². The van der Waals surface area contributed by atoms with Crippen LogP contribution in [0.4, 0.5) is 10.3 Å². The molecule has 0 unspecified atom stereocenters. The Balaban J connectivity index is 1.30. The van der Waals surface area contributed by atoms with Crippen LogP contribution in [0.2, 0.25) is 0 Å². The number of piperidine rings is 1. The second-order valence-electron chi connectivity index (χ2n) is 12.7. The van der Waals surface area contributed by atoms with Gasteiger partial charge in [0, 0.05) is 43.6 Å². The van der Waals surface area contributed by atoms with Crippen molar-refractivity contribution in [2.24, 2.45) is 7.05 Å². The van der Waals surface area contributed by atoms with Crippen LogP contribution < -0.4 is 5.32 Å². The Hall–Kier alpha value is -3.67. The van der Waals surface area contributed by atoms with Gasteiger partial charge in [-0.15, -0.1) is 0 Å². The van der Waals surface area contributed by atoms with Crippen molar-refractivity contribution in [3.63, 3.8) is 0 Å². The molecule has 1 aromatic carbocycles. The van der Waals surface area contributed by atoms with E-state index in [4.69, 9.17) is 4.98 Å². The number of nitrogens with zero attached hydrogens (tertiary/aromatic N) is 7. The fourth-order valence-corrected chi connectivity index (χ4v) is 6.68. The molecule has 234 valence electrons. The van der Waals surface area contributed by atoms with Gasteiger partial charge in [0.15, 0.2) is 5.82 Å². The Labute approximate surface area is 257 Å². The molecule has 0 atom stereocenters. The highest BCUT2D eigenvalue weighted by Crippen LogP contribution is 2.37. The first-order valence-electron chi connectivity index (χ1n) is 15.7. The predicted molar refractivity (Wildman–Crippen MR) is 169 cm³/mol. The van der Waals surface area contributed by atoms with Gasteiger partial charge in [0.1, 0.15) is 5.69 Å². The van der Waals surface area contributed by atoms with Crippen LogP contribution >= 0.6 is 0 Å². The highest BCUT2D eigenvalue weighted by molar-refractivity contribution is 6.05. The van der Waals surface area contributed by atoms with E-state index in [0.717, 1.165) is 68.6 Å². The molecule has 4 aromatic rings. The van der Waals surface area contributed by atoms with Gasteiger partial charge in [-0.25, -0.2) is 9.37 Å². The maximum absolute atomic E-state index is 15.8. The van der Waals surface area contributed by atoms with Gasteiger partial charge in [-0.2, -0.15) is 5.10 Å². The second kappa shape index (κ2) is 12.7. The van der Waals surface area contributed by atoms with Crippen molar-refractivity contribution in [3.05, 3.63) is 59.3 Å². The lowest BCUT2D eigenvalue weighted by molar-refractivity contribution is 0.101. The number of aliphatic hydroxyl groups is 1. The molecule has 1 amide bonds. The van der Waals surface area contributed by atoms with E-state index in [1.54, 1.807) is 17.9 Å². The number of hydrogen-bond acceptors (Lipinski definition) is 7. The molecule has 0 bridgehead atoms. The van der Waals surface area contributed by atoms with Gasteiger partial charge < -0.3 is 19.5 Å². The van der Waals surface area contributed by atoms with E-state index in [1.807, 2.05) is 13.0 Å². The summed E-state index contributed by atoms with van der Waals surface area (Å²) in [4.78, 5) is 27.4. The molecule has 10 nitrogen and oxygen atoms in total. The molecule has 1 saturated carbocycles. The van der Waals surface area contributed by atoms with Crippen LogP contribution in [0, 0.1) is 12.7 Å². The molecule has 0 spiro atoms. The van der Waals surface area contributed by atoms with Crippen molar-refractivity contribution >= 4 is 22.9 Å². The summed E-state index contributed by atoms with van der Waals surface area (Å²) in [5.74, 6) is -0.406. The highest BCUT2D eigenvalue weighted by atomic mass is 19.1. The van der Waals surface area contributed by atoms with Crippen LogP contribution in [0.5, 0.6) is 0 Å². The number of pyridine rings is 1. The summed E-state index contributed by atoms with van der Waals surface area (Å²) in [7, 11) is 6.01. The normalized spacial score (nSPS) is 20.1. The van der Waals surface area contributed by atoms with Gasteiger partial charge >= 0.3 is 0 Å². The van der Waals surface area contributed by atoms with Gasteiger partial charge in [0.2, 0.25) is 5.95 Å². The molecule has 3 aromatic heterocycles. The van der Waals surface area contributed by atoms with E-state index >= 15 is 4.39 Å². The van der Waals surface area contributed by atoms with Crippen molar-refractivity contribution in [2.75, 3.05) is 45.6 Å². The van der Waals surface area contributed by atoms with Gasteiger partial charge in [0.25, 0.3) is 5.91 Å². The molecule has 2 aliphatic rings. The lowest BCUT2D eigenvalue weighted by atomic mass is 9.89. The Morgan fingerprint density at radius 3 is 2.55 bits per heavy atom. The molecule has 1 saturated heterocycles. The van der Waals surface area contributed by atoms with E-state index in [0.29, 0.717) is 30.3 Å². The molecule has 1 aliphatic heterocycles. The number of anilines is 1. The molecule has 11 heteroatoms. The average molecular weight is 603 g/mol. The number of rotatable bonds is 8. The fourth-order valence-electron chi connectivity index (χ4n) is 6.68. The lowest BCUT2D eigenvalue weighted by Gasteiger charge is -2.33. The van der Waals surface area contributed by atoms with Crippen molar-refractivity contribution in [3.8, 4) is 11.3 Å². The minimum absolute atomic E-state index is 0.0673. The summed E-state index contributed by atoms with van der Waals surface area (Å²) in [6.45, 7) is 6.14. The first-order valence-corrected chi connectivity index (χ1v) is 15.7. The summed E-state index contributed by atoms with van der Waals surface area (Å²) < 4.78 is 19.5. The van der Waals surface area contributed by atoms with Gasteiger partial charge in [-0.1, -0.05) is 6.07 Å². The largest absolute Gasteiger partial charge is 0.393 e. The number of benzene rings is 1. The summed E-state index contributed by atoms with van der Waals surface area (Å²) in [6.07, 6.45) is 7.83. The third kappa shape index (κ3) is 6.13. The third-order valence-electron chi connectivity index (χ3n) is 9.52. The smallest absolute Gasteiger partial charge is 0.261 e. The number of hydrogen-bond donors (Lipinski definition) is 2. The molecule has 4 heterocycles. The van der Waals surface area contributed by atoms with E-state index in [2.05, 4.69) is 56.0 Å². The fraction of sp³-hybridized carbons (Fsp3) is 0.515.